The van der Waals surface area contributed by atoms with Crippen LogP contribution in [0, 0.1) is 12.3 Å². The first-order valence-corrected chi connectivity index (χ1v) is 5.76. The van der Waals surface area contributed by atoms with E-state index in [1.165, 1.54) is 0 Å². The maximum atomic E-state index is 11.6. The summed E-state index contributed by atoms with van der Waals surface area (Å²) in [5.41, 5.74) is 0.522. The zero-order valence-electron chi connectivity index (χ0n) is 10.3. The fourth-order valence-corrected chi connectivity index (χ4v) is 1.36. The van der Waals surface area contributed by atoms with Crippen LogP contribution >= 0.6 is 0 Å². The van der Waals surface area contributed by atoms with Gasteiger partial charge in [-0.3, -0.25) is 9.59 Å². The summed E-state index contributed by atoms with van der Waals surface area (Å²) in [5, 5.41) is 5.17. The Morgan fingerprint density at radius 1 is 1.33 bits per heavy atom. The van der Waals surface area contributed by atoms with Crippen molar-refractivity contribution < 1.29 is 9.59 Å². The molecule has 0 saturated carbocycles. The molecule has 0 radical (unpaired) electrons. The first-order valence-electron chi connectivity index (χ1n) is 5.76. The normalized spacial score (nSPS) is 11.1. The van der Waals surface area contributed by atoms with Crippen LogP contribution in [-0.4, -0.2) is 24.4 Å². The van der Waals surface area contributed by atoms with E-state index >= 15 is 0 Å². The van der Waals surface area contributed by atoms with Gasteiger partial charge in [-0.05, 0) is 18.6 Å². The van der Waals surface area contributed by atoms with Crippen molar-refractivity contribution in [2.75, 3.05) is 6.54 Å². The molecule has 0 heterocycles. The minimum Gasteiger partial charge on any atom is -0.343 e. The lowest BCUT2D eigenvalue weighted by molar-refractivity contribution is -0.120. The zero-order valence-corrected chi connectivity index (χ0v) is 10.3. The lowest BCUT2D eigenvalue weighted by Crippen LogP contribution is -2.41. The van der Waals surface area contributed by atoms with Crippen molar-refractivity contribution in [2.45, 2.75) is 19.4 Å². The first-order chi connectivity index (χ1) is 8.67. The number of carbonyl (C=O) groups excluding carboxylic acids is 2. The van der Waals surface area contributed by atoms with Crippen molar-refractivity contribution in [1.82, 2.24) is 10.6 Å². The summed E-state index contributed by atoms with van der Waals surface area (Å²) in [6.45, 7) is 1.80. The fraction of sp³-hybridized carbons (Fsp3) is 0.286. The molecule has 0 aliphatic heterocycles. The number of rotatable bonds is 5. The Kier molecular flexibility index (Phi) is 5.46. The smallest absolute Gasteiger partial charge is 0.251 e. The molecule has 0 aromatic heterocycles. The third-order valence-electron chi connectivity index (χ3n) is 2.39. The molecule has 4 nitrogen and oxygen atoms in total. The van der Waals surface area contributed by atoms with Crippen LogP contribution in [-0.2, 0) is 4.79 Å². The number of nitrogens with one attached hydrogen (secondary N) is 2. The molecule has 1 aromatic carbocycles. The van der Waals surface area contributed by atoms with Gasteiger partial charge in [-0.15, -0.1) is 6.42 Å². The standard InChI is InChI=1S/C14H16N2O2/c1-3-12(4-2)16-13(17)10-15-14(18)11-8-6-5-7-9-11/h1,5-9,12H,4,10H2,2H3,(H,15,18)(H,16,17). The van der Waals surface area contributed by atoms with E-state index in [2.05, 4.69) is 16.6 Å². The van der Waals surface area contributed by atoms with Crippen LogP contribution in [0.5, 0.6) is 0 Å². The molecule has 2 N–H and O–H groups in total. The molecule has 18 heavy (non-hydrogen) atoms. The second kappa shape index (κ2) is 7.13. The summed E-state index contributed by atoms with van der Waals surface area (Å²) in [6.07, 6.45) is 5.89. The highest BCUT2D eigenvalue weighted by atomic mass is 16.2. The van der Waals surface area contributed by atoms with Gasteiger partial charge in [-0.25, -0.2) is 0 Å². The molecule has 0 aliphatic carbocycles. The molecular weight excluding hydrogens is 228 g/mol. The van der Waals surface area contributed by atoms with Crippen molar-refractivity contribution in [3.63, 3.8) is 0 Å². The summed E-state index contributed by atoms with van der Waals surface area (Å²) in [6, 6.07) is 8.43. The summed E-state index contributed by atoms with van der Waals surface area (Å²) < 4.78 is 0. The Morgan fingerprint density at radius 2 is 2.00 bits per heavy atom. The van der Waals surface area contributed by atoms with Crippen molar-refractivity contribution in [1.29, 1.82) is 0 Å². The maximum absolute atomic E-state index is 11.6. The first kappa shape index (κ1) is 13.8. The summed E-state index contributed by atoms with van der Waals surface area (Å²) in [7, 11) is 0. The third kappa shape index (κ3) is 4.30. The number of terminal acetylenes is 1. The fourth-order valence-electron chi connectivity index (χ4n) is 1.36. The molecule has 1 aromatic rings. The van der Waals surface area contributed by atoms with Gasteiger partial charge in [0, 0.05) is 5.56 Å². The van der Waals surface area contributed by atoms with E-state index in [1.54, 1.807) is 24.3 Å². The van der Waals surface area contributed by atoms with Crippen molar-refractivity contribution in [2.24, 2.45) is 0 Å². The van der Waals surface area contributed by atoms with E-state index in [9.17, 15) is 9.59 Å². The molecule has 1 atom stereocenters. The van der Waals surface area contributed by atoms with Crippen LogP contribution in [0.2, 0.25) is 0 Å². The van der Waals surface area contributed by atoms with E-state index in [0.29, 0.717) is 12.0 Å². The predicted octanol–water partition coefficient (Wildman–Crippen LogP) is 0.944. The average molecular weight is 244 g/mol. The zero-order chi connectivity index (χ0) is 13.4. The number of benzene rings is 1. The van der Waals surface area contributed by atoms with Crippen LogP contribution in [0.3, 0.4) is 0 Å². The monoisotopic (exact) mass is 244 g/mol. The highest BCUT2D eigenvalue weighted by Crippen LogP contribution is 1.97. The molecule has 0 saturated heterocycles. The summed E-state index contributed by atoms with van der Waals surface area (Å²) in [5.74, 6) is 1.89. The van der Waals surface area contributed by atoms with Crippen molar-refractivity contribution in [3.05, 3.63) is 35.9 Å². The number of carbonyl (C=O) groups is 2. The molecular formula is C14H16N2O2. The largest absolute Gasteiger partial charge is 0.343 e. The Labute approximate surface area is 107 Å². The molecule has 0 spiro atoms. The van der Waals surface area contributed by atoms with Crippen LogP contribution in [0.4, 0.5) is 0 Å². The van der Waals surface area contributed by atoms with Gasteiger partial charge in [-0.1, -0.05) is 31.0 Å². The van der Waals surface area contributed by atoms with E-state index in [1.807, 2.05) is 13.0 Å². The average Bonchev–Trinajstić information content (AvgIpc) is 2.43. The second-order valence-corrected chi connectivity index (χ2v) is 3.74. The van der Waals surface area contributed by atoms with Gasteiger partial charge in [0.1, 0.15) is 0 Å². The highest BCUT2D eigenvalue weighted by molar-refractivity contribution is 5.96. The molecule has 2 amide bonds. The van der Waals surface area contributed by atoms with E-state index < -0.39 is 0 Å². The lowest BCUT2D eigenvalue weighted by atomic mass is 10.2. The van der Waals surface area contributed by atoms with Gasteiger partial charge in [0.15, 0.2) is 0 Å². The van der Waals surface area contributed by atoms with E-state index in [-0.39, 0.29) is 24.4 Å². The summed E-state index contributed by atoms with van der Waals surface area (Å²) in [4.78, 5) is 23.1. The van der Waals surface area contributed by atoms with Crippen LogP contribution in [0.1, 0.15) is 23.7 Å². The maximum Gasteiger partial charge on any atom is 0.251 e. The number of hydrogen-bond donors (Lipinski definition) is 2. The number of hydrogen-bond acceptors (Lipinski definition) is 2. The van der Waals surface area contributed by atoms with Crippen molar-refractivity contribution >= 4 is 11.8 Å². The van der Waals surface area contributed by atoms with Gasteiger partial charge in [0.05, 0.1) is 12.6 Å². The topological polar surface area (TPSA) is 58.2 Å². The predicted molar refractivity (Wildman–Crippen MR) is 69.8 cm³/mol. The SMILES string of the molecule is C#CC(CC)NC(=O)CNC(=O)c1ccccc1. The molecule has 0 fully saturated rings. The van der Waals surface area contributed by atoms with Gasteiger partial charge >= 0.3 is 0 Å². The van der Waals surface area contributed by atoms with Crippen LogP contribution in [0.25, 0.3) is 0 Å². The van der Waals surface area contributed by atoms with E-state index in [0.717, 1.165) is 0 Å². The van der Waals surface area contributed by atoms with E-state index in [4.69, 9.17) is 6.42 Å². The van der Waals surface area contributed by atoms with Gasteiger partial charge in [0.2, 0.25) is 5.91 Å². The molecule has 0 aliphatic rings. The summed E-state index contributed by atoms with van der Waals surface area (Å²) >= 11 is 0. The van der Waals surface area contributed by atoms with Gasteiger partial charge in [0.25, 0.3) is 5.91 Å². The Morgan fingerprint density at radius 3 is 2.56 bits per heavy atom. The Balaban J connectivity index is 2.40. The van der Waals surface area contributed by atoms with Gasteiger partial charge < -0.3 is 10.6 Å². The third-order valence-corrected chi connectivity index (χ3v) is 2.39. The Hall–Kier alpha value is -2.28. The molecule has 94 valence electrons. The number of amides is 2. The van der Waals surface area contributed by atoms with Crippen LogP contribution in [0.15, 0.2) is 30.3 Å². The Bertz CT molecular complexity index is 449. The minimum absolute atomic E-state index is 0.0775. The van der Waals surface area contributed by atoms with Crippen LogP contribution < -0.4 is 10.6 Å². The second-order valence-electron chi connectivity index (χ2n) is 3.74. The quantitative estimate of drug-likeness (QED) is 0.757. The highest BCUT2D eigenvalue weighted by Gasteiger charge is 2.09. The molecule has 4 heteroatoms. The minimum atomic E-state index is -0.288. The van der Waals surface area contributed by atoms with Crippen molar-refractivity contribution in [3.8, 4) is 12.3 Å². The molecule has 1 rings (SSSR count). The van der Waals surface area contributed by atoms with Gasteiger partial charge in [-0.2, -0.15) is 0 Å². The lowest BCUT2D eigenvalue weighted by Gasteiger charge is -2.11. The molecule has 0 bridgehead atoms. The molecule has 1 unspecified atom stereocenters.